The van der Waals surface area contributed by atoms with E-state index in [0.717, 1.165) is 23.1 Å². The maximum atomic E-state index is 13.3. The van der Waals surface area contributed by atoms with Gasteiger partial charge in [-0.05, 0) is 42.6 Å². The molecule has 3 nitrogen and oxygen atoms in total. The van der Waals surface area contributed by atoms with Crippen LogP contribution in [0, 0.1) is 5.92 Å². The predicted octanol–water partition coefficient (Wildman–Crippen LogP) is 4.95. The van der Waals surface area contributed by atoms with Crippen LogP contribution < -0.4 is 0 Å². The monoisotopic (exact) mass is 395 g/mol. The Labute approximate surface area is 160 Å². The average molecular weight is 395 g/mol. The number of hydrogen-bond acceptors (Lipinski definition) is 3. The number of nitrogens with zero attached hydrogens (tertiary/aromatic N) is 1. The van der Waals surface area contributed by atoms with E-state index in [4.69, 9.17) is 0 Å². The van der Waals surface area contributed by atoms with Gasteiger partial charge < -0.3 is 5.11 Å². The highest BCUT2D eigenvalue weighted by molar-refractivity contribution is 7.99. The van der Waals surface area contributed by atoms with E-state index in [1.165, 1.54) is 18.2 Å². The summed E-state index contributed by atoms with van der Waals surface area (Å²) in [6.45, 7) is 0.951. The zero-order valence-electron chi connectivity index (χ0n) is 14.5. The predicted molar refractivity (Wildman–Crippen MR) is 98.7 cm³/mol. The highest BCUT2D eigenvalue weighted by Crippen LogP contribution is 2.38. The molecule has 2 atom stereocenters. The van der Waals surface area contributed by atoms with Crippen LogP contribution in [0.15, 0.2) is 59.5 Å². The second-order valence-electron chi connectivity index (χ2n) is 6.60. The fourth-order valence-corrected chi connectivity index (χ4v) is 4.49. The van der Waals surface area contributed by atoms with Crippen LogP contribution in [0.4, 0.5) is 13.2 Å². The van der Waals surface area contributed by atoms with Gasteiger partial charge >= 0.3 is 12.1 Å². The van der Waals surface area contributed by atoms with Crippen LogP contribution in [-0.2, 0) is 11.0 Å². The largest absolute Gasteiger partial charge is 0.480 e. The molecule has 144 valence electrons. The Kier molecular flexibility index (Phi) is 6.11. The van der Waals surface area contributed by atoms with Crippen LogP contribution in [-0.4, -0.2) is 34.8 Å². The molecule has 1 saturated heterocycles. The molecule has 2 aromatic carbocycles. The molecule has 7 heteroatoms. The first-order valence-electron chi connectivity index (χ1n) is 8.67. The lowest BCUT2D eigenvalue weighted by atomic mass is 9.98. The van der Waals surface area contributed by atoms with Crippen molar-refractivity contribution in [3.63, 3.8) is 0 Å². The Morgan fingerprint density at radius 2 is 1.81 bits per heavy atom. The van der Waals surface area contributed by atoms with Crippen molar-refractivity contribution in [2.45, 2.75) is 23.5 Å². The van der Waals surface area contributed by atoms with Gasteiger partial charge in [0, 0.05) is 17.2 Å². The summed E-state index contributed by atoms with van der Waals surface area (Å²) < 4.78 is 40.0. The molecule has 27 heavy (non-hydrogen) atoms. The smallest absolute Gasteiger partial charge is 0.416 e. The molecule has 1 fully saturated rings. The number of benzene rings is 2. The lowest BCUT2D eigenvalue weighted by Crippen LogP contribution is -2.34. The molecule has 0 radical (unpaired) electrons. The van der Waals surface area contributed by atoms with E-state index >= 15 is 0 Å². The lowest BCUT2D eigenvalue weighted by Gasteiger charge is -2.27. The van der Waals surface area contributed by atoms with Gasteiger partial charge in [-0.2, -0.15) is 13.2 Å². The van der Waals surface area contributed by atoms with Gasteiger partial charge in [-0.3, -0.25) is 9.69 Å². The summed E-state index contributed by atoms with van der Waals surface area (Å²) in [5, 5.41) is 9.66. The van der Waals surface area contributed by atoms with Gasteiger partial charge in [-0.1, -0.05) is 36.4 Å². The van der Waals surface area contributed by atoms with E-state index in [9.17, 15) is 23.1 Å². The summed E-state index contributed by atoms with van der Waals surface area (Å²) in [5.41, 5.74) is -1.06. The molecule has 2 aromatic rings. The number of hydrogen-bond donors (Lipinski definition) is 1. The highest BCUT2D eigenvalue weighted by atomic mass is 32.2. The molecule has 2 unspecified atom stereocenters. The van der Waals surface area contributed by atoms with E-state index in [1.807, 2.05) is 30.3 Å². The maximum Gasteiger partial charge on any atom is 0.416 e. The minimum atomic E-state index is -4.58. The highest BCUT2D eigenvalue weighted by Gasteiger charge is 2.40. The molecule has 0 amide bonds. The number of alkyl halides is 3. The lowest BCUT2D eigenvalue weighted by molar-refractivity contribution is -0.145. The van der Waals surface area contributed by atoms with E-state index in [0.29, 0.717) is 13.1 Å². The Morgan fingerprint density at radius 3 is 2.48 bits per heavy atom. The van der Waals surface area contributed by atoms with Gasteiger partial charge in [0.1, 0.15) is 6.04 Å². The number of rotatable bonds is 6. The van der Waals surface area contributed by atoms with Gasteiger partial charge in [0.25, 0.3) is 0 Å². The third-order valence-corrected chi connectivity index (χ3v) is 5.95. The van der Waals surface area contributed by atoms with E-state index < -0.39 is 23.8 Å². The molecule has 0 aromatic heterocycles. The summed E-state index contributed by atoms with van der Waals surface area (Å²) in [7, 11) is 0. The first kappa shape index (κ1) is 19.8. The second kappa shape index (κ2) is 8.35. The van der Waals surface area contributed by atoms with Crippen LogP contribution in [0.3, 0.4) is 0 Å². The standard InChI is InChI=1S/C20H20F3NO2S/c21-20(22,23)17-9-5-4-8-16(17)18(19(25)26)24-11-10-14(12-24)13-27-15-6-2-1-3-7-15/h1-9,14,18H,10-13H2,(H,25,26). The molecule has 0 spiro atoms. The maximum absolute atomic E-state index is 13.3. The van der Waals surface area contributed by atoms with Crippen LogP contribution >= 0.6 is 11.8 Å². The van der Waals surface area contributed by atoms with Crippen molar-refractivity contribution in [2.24, 2.45) is 5.92 Å². The quantitative estimate of drug-likeness (QED) is 0.703. The molecule has 1 N–H and O–H groups in total. The fraction of sp³-hybridized carbons (Fsp3) is 0.350. The van der Waals surface area contributed by atoms with Crippen LogP contribution in [0.25, 0.3) is 0 Å². The van der Waals surface area contributed by atoms with Crippen LogP contribution in [0.1, 0.15) is 23.6 Å². The number of halogens is 3. The Bertz CT molecular complexity index is 782. The summed E-state index contributed by atoms with van der Waals surface area (Å²) in [4.78, 5) is 14.6. The summed E-state index contributed by atoms with van der Waals surface area (Å²) in [6.07, 6.45) is -3.80. The van der Waals surface area contributed by atoms with Crippen molar-refractivity contribution in [3.8, 4) is 0 Å². The number of carbonyl (C=O) groups is 1. The van der Waals surface area contributed by atoms with Gasteiger partial charge in [-0.25, -0.2) is 0 Å². The van der Waals surface area contributed by atoms with Crippen molar-refractivity contribution in [1.29, 1.82) is 0 Å². The minimum absolute atomic E-state index is 0.186. The van der Waals surface area contributed by atoms with E-state index in [2.05, 4.69) is 0 Å². The molecule has 1 aliphatic heterocycles. The number of carboxylic acids is 1. The SMILES string of the molecule is O=C(O)C(c1ccccc1C(F)(F)F)N1CCC(CSc2ccccc2)C1. The topological polar surface area (TPSA) is 40.5 Å². The Hall–Kier alpha value is -1.99. The molecule has 0 aliphatic carbocycles. The van der Waals surface area contributed by atoms with E-state index in [1.54, 1.807) is 16.7 Å². The molecular weight excluding hydrogens is 375 g/mol. The summed E-state index contributed by atoms with van der Waals surface area (Å²) in [5.74, 6) is -0.188. The van der Waals surface area contributed by atoms with Gasteiger partial charge in [0.2, 0.25) is 0 Å². The molecule has 1 aliphatic rings. The van der Waals surface area contributed by atoms with Crippen molar-refractivity contribution < 1.29 is 23.1 Å². The fourth-order valence-electron chi connectivity index (χ4n) is 3.44. The van der Waals surface area contributed by atoms with Crippen LogP contribution in [0.5, 0.6) is 0 Å². The van der Waals surface area contributed by atoms with Gasteiger partial charge in [-0.15, -0.1) is 11.8 Å². The molecule has 0 bridgehead atoms. The average Bonchev–Trinajstić information content (AvgIpc) is 3.09. The zero-order valence-corrected chi connectivity index (χ0v) is 15.3. The van der Waals surface area contributed by atoms with Crippen molar-refractivity contribution in [2.75, 3.05) is 18.8 Å². The second-order valence-corrected chi connectivity index (χ2v) is 7.69. The van der Waals surface area contributed by atoms with Crippen LogP contribution in [0.2, 0.25) is 0 Å². The number of carboxylic acid groups (broad SMARTS) is 1. The third-order valence-electron chi connectivity index (χ3n) is 4.71. The van der Waals surface area contributed by atoms with Crippen molar-refractivity contribution in [3.05, 3.63) is 65.7 Å². The Balaban J connectivity index is 1.73. The number of aliphatic carboxylic acids is 1. The molecule has 3 rings (SSSR count). The number of likely N-dealkylation sites (tertiary alicyclic amines) is 1. The molecule has 1 heterocycles. The first-order valence-corrected chi connectivity index (χ1v) is 9.65. The van der Waals surface area contributed by atoms with Gasteiger partial charge in [0.05, 0.1) is 5.56 Å². The first-order chi connectivity index (χ1) is 12.9. The zero-order chi connectivity index (χ0) is 19.4. The van der Waals surface area contributed by atoms with Crippen molar-refractivity contribution >= 4 is 17.7 Å². The Morgan fingerprint density at radius 1 is 1.15 bits per heavy atom. The van der Waals surface area contributed by atoms with Crippen molar-refractivity contribution in [1.82, 2.24) is 4.90 Å². The normalized spacial score (nSPS) is 19.1. The number of thioether (sulfide) groups is 1. The summed E-state index contributed by atoms with van der Waals surface area (Å²) in [6, 6.07) is 13.6. The summed E-state index contributed by atoms with van der Waals surface area (Å²) >= 11 is 1.69. The molecular formula is C20H20F3NO2S. The van der Waals surface area contributed by atoms with Gasteiger partial charge in [0.15, 0.2) is 0 Å². The molecule has 0 saturated carbocycles. The third kappa shape index (κ3) is 4.84. The minimum Gasteiger partial charge on any atom is -0.480 e. The van der Waals surface area contributed by atoms with E-state index in [-0.39, 0.29) is 11.5 Å².